The first kappa shape index (κ1) is 13.4. The fourth-order valence-corrected chi connectivity index (χ4v) is 2.02. The number of pyridine rings is 1. The number of anilines is 1. The normalized spacial score (nSPS) is 14.6. The molecule has 0 atom stereocenters. The number of amides is 1. The predicted octanol–water partition coefficient (Wildman–Crippen LogP) is 0.300. The number of aliphatic hydroxyl groups is 1. The summed E-state index contributed by atoms with van der Waals surface area (Å²) in [5.74, 6) is 0.304. The summed E-state index contributed by atoms with van der Waals surface area (Å²) in [4.78, 5) is 25.8. The Bertz CT molecular complexity index is 611. The maximum absolute atomic E-state index is 12.0. The highest BCUT2D eigenvalue weighted by atomic mass is 16.3. The number of hydrogen-bond acceptors (Lipinski definition) is 6. The molecule has 0 aromatic carbocycles. The van der Waals surface area contributed by atoms with Crippen molar-refractivity contribution in [3.8, 4) is 0 Å². The minimum absolute atomic E-state index is 0.154. The topological polar surface area (TPSA) is 91.2 Å². The maximum atomic E-state index is 12.0. The molecule has 1 amide bonds. The summed E-state index contributed by atoms with van der Waals surface area (Å²) in [7, 11) is 0. The standard InChI is InChI=1S/C14H15N5O2/c20-12-8-19(9-12)13(21)11-6-17-14(18-7-11)16-5-10-2-1-3-15-4-10/h1-4,6-7,12,20H,5,8-9H2,(H,16,17,18). The summed E-state index contributed by atoms with van der Waals surface area (Å²) in [5, 5.41) is 12.3. The summed E-state index contributed by atoms with van der Waals surface area (Å²) in [5.41, 5.74) is 1.45. The summed E-state index contributed by atoms with van der Waals surface area (Å²) < 4.78 is 0. The number of aromatic nitrogens is 3. The molecular weight excluding hydrogens is 270 g/mol. The molecule has 2 aromatic rings. The van der Waals surface area contributed by atoms with Gasteiger partial charge in [-0.25, -0.2) is 9.97 Å². The van der Waals surface area contributed by atoms with Gasteiger partial charge in [-0.1, -0.05) is 6.07 Å². The largest absolute Gasteiger partial charge is 0.389 e. The van der Waals surface area contributed by atoms with Crippen LogP contribution in [0.25, 0.3) is 0 Å². The lowest BCUT2D eigenvalue weighted by atomic mass is 10.1. The van der Waals surface area contributed by atoms with Crippen LogP contribution in [0.1, 0.15) is 15.9 Å². The Balaban J connectivity index is 1.58. The van der Waals surface area contributed by atoms with Crippen molar-refractivity contribution in [2.24, 2.45) is 0 Å². The molecule has 1 aliphatic heterocycles. The van der Waals surface area contributed by atoms with Crippen LogP contribution >= 0.6 is 0 Å². The number of hydrogen-bond donors (Lipinski definition) is 2. The molecule has 1 saturated heterocycles. The van der Waals surface area contributed by atoms with Gasteiger partial charge in [0.2, 0.25) is 5.95 Å². The Morgan fingerprint density at radius 2 is 2.10 bits per heavy atom. The van der Waals surface area contributed by atoms with Gasteiger partial charge in [0.1, 0.15) is 0 Å². The summed E-state index contributed by atoms with van der Waals surface area (Å²) in [6.45, 7) is 1.32. The molecule has 21 heavy (non-hydrogen) atoms. The van der Waals surface area contributed by atoms with Gasteiger partial charge in [0.05, 0.1) is 11.7 Å². The van der Waals surface area contributed by atoms with Crippen LogP contribution in [0.15, 0.2) is 36.9 Å². The minimum atomic E-state index is -0.407. The molecule has 1 fully saturated rings. The lowest BCUT2D eigenvalue weighted by Gasteiger charge is -2.35. The Hall–Kier alpha value is -2.54. The molecule has 0 radical (unpaired) electrons. The molecule has 1 aliphatic rings. The van der Waals surface area contributed by atoms with Gasteiger partial charge in [-0.3, -0.25) is 9.78 Å². The zero-order valence-electron chi connectivity index (χ0n) is 11.3. The van der Waals surface area contributed by atoms with Crippen LogP contribution in [-0.4, -0.2) is 50.1 Å². The average molecular weight is 285 g/mol. The molecule has 7 nitrogen and oxygen atoms in total. The first-order chi connectivity index (χ1) is 10.2. The van der Waals surface area contributed by atoms with Gasteiger partial charge in [0.15, 0.2) is 0 Å². The number of carbonyl (C=O) groups excluding carboxylic acids is 1. The van der Waals surface area contributed by atoms with Crippen LogP contribution in [0.3, 0.4) is 0 Å². The van der Waals surface area contributed by atoms with Crippen molar-refractivity contribution in [2.45, 2.75) is 12.6 Å². The second kappa shape index (κ2) is 5.84. The Morgan fingerprint density at radius 1 is 1.33 bits per heavy atom. The van der Waals surface area contributed by atoms with Crippen molar-refractivity contribution in [1.82, 2.24) is 19.9 Å². The van der Waals surface area contributed by atoms with Crippen LogP contribution in [0, 0.1) is 0 Å². The molecule has 3 heterocycles. The van der Waals surface area contributed by atoms with E-state index < -0.39 is 6.10 Å². The van der Waals surface area contributed by atoms with E-state index in [4.69, 9.17) is 0 Å². The predicted molar refractivity (Wildman–Crippen MR) is 75.5 cm³/mol. The number of likely N-dealkylation sites (tertiary alicyclic amines) is 1. The van der Waals surface area contributed by atoms with E-state index in [0.717, 1.165) is 5.56 Å². The molecule has 108 valence electrons. The quantitative estimate of drug-likeness (QED) is 0.839. The van der Waals surface area contributed by atoms with Crippen molar-refractivity contribution in [3.63, 3.8) is 0 Å². The lowest BCUT2D eigenvalue weighted by Crippen LogP contribution is -2.53. The molecule has 0 aliphatic carbocycles. The summed E-state index contributed by atoms with van der Waals surface area (Å²) in [6, 6.07) is 3.81. The van der Waals surface area contributed by atoms with Gasteiger partial charge < -0.3 is 15.3 Å². The van der Waals surface area contributed by atoms with Gasteiger partial charge in [0, 0.05) is 44.4 Å². The highest BCUT2D eigenvalue weighted by Gasteiger charge is 2.29. The van der Waals surface area contributed by atoms with E-state index in [9.17, 15) is 9.90 Å². The fraction of sp³-hybridized carbons (Fsp3) is 0.286. The average Bonchev–Trinajstić information content (AvgIpc) is 2.51. The zero-order valence-corrected chi connectivity index (χ0v) is 11.3. The first-order valence-corrected chi connectivity index (χ1v) is 6.64. The van der Waals surface area contributed by atoms with E-state index in [1.165, 1.54) is 12.4 Å². The van der Waals surface area contributed by atoms with Crippen LogP contribution in [0.2, 0.25) is 0 Å². The molecule has 0 unspecified atom stereocenters. The highest BCUT2D eigenvalue weighted by molar-refractivity contribution is 5.94. The van der Waals surface area contributed by atoms with Crippen molar-refractivity contribution in [3.05, 3.63) is 48.0 Å². The monoisotopic (exact) mass is 285 g/mol. The molecule has 0 bridgehead atoms. The zero-order chi connectivity index (χ0) is 14.7. The lowest BCUT2D eigenvalue weighted by molar-refractivity contribution is 0.00584. The molecule has 0 spiro atoms. The van der Waals surface area contributed by atoms with E-state index in [2.05, 4.69) is 20.3 Å². The third-order valence-corrected chi connectivity index (χ3v) is 3.22. The van der Waals surface area contributed by atoms with Crippen LogP contribution in [0.5, 0.6) is 0 Å². The van der Waals surface area contributed by atoms with Gasteiger partial charge in [0.25, 0.3) is 5.91 Å². The Kier molecular flexibility index (Phi) is 3.74. The van der Waals surface area contributed by atoms with E-state index >= 15 is 0 Å². The van der Waals surface area contributed by atoms with Gasteiger partial charge in [-0.2, -0.15) is 0 Å². The number of β-amino-alcohol motifs (C(OH)–C–C–N with tert-alkyl or cyclic N) is 1. The van der Waals surface area contributed by atoms with Crippen molar-refractivity contribution < 1.29 is 9.90 Å². The minimum Gasteiger partial charge on any atom is -0.389 e. The van der Waals surface area contributed by atoms with Gasteiger partial charge in [-0.05, 0) is 11.6 Å². The second-order valence-corrected chi connectivity index (χ2v) is 4.87. The number of nitrogens with one attached hydrogen (secondary N) is 1. The summed E-state index contributed by atoms with van der Waals surface area (Å²) in [6.07, 6.45) is 6.06. The second-order valence-electron chi connectivity index (χ2n) is 4.87. The molecule has 3 rings (SSSR count). The SMILES string of the molecule is O=C(c1cnc(NCc2cccnc2)nc1)N1CC(O)C1. The number of rotatable bonds is 4. The van der Waals surface area contributed by atoms with Gasteiger partial charge >= 0.3 is 0 Å². The molecule has 7 heteroatoms. The van der Waals surface area contributed by atoms with Crippen LogP contribution in [-0.2, 0) is 6.54 Å². The third kappa shape index (κ3) is 3.14. The van der Waals surface area contributed by atoms with Crippen molar-refractivity contribution in [1.29, 1.82) is 0 Å². The highest BCUT2D eigenvalue weighted by Crippen LogP contribution is 2.12. The van der Waals surface area contributed by atoms with E-state index in [0.29, 0.717) is 31.1 Å². The molecule has 2 aromatic heterocycles. The number of aliphatic hydroxyl groups excluding tert-OH is 1. The van der Waals surface area contributed by atoms with Crippen molar-refractivity contribution >= 4 is 11.9 Å². The summed E-state index contributed by atoms with van der Waals surface area (Å²) >= 11 is 0. The maximum Gasteiger partial charge on any atom is 0.257 e. The van der Waals surface area contributed by atoms with E-state index in [1.807, 2.05) is 12.1 Å². The third-order valence-electron chi connectivity index (χ3n) is 3.22. The Labute approximate surface area is 121 Å². The molecule has 0 saturated carbocycles. The molecular formula is C14H15N5O2. The van der Waals surface area contributed by atoms with Crippen LogP contribution < -0.4 is 5.32 Å². The van der Waals surface area contributed by atoms with Crippen molar-refractivity contribution in [2.75, 3.05) is 18.4 Å². The smallest absolute Gasteiger partial charge is 0.257 e. The number of nitrogens with zero attached hydrogens (tertiary/aromatic N) is 4. The van der Waals surface area contributed by atoms with Gasteiger partial charge in [-0.15, -0.1) is 0 Å². The fourth-order valence-electron chi connectivity index (χ4n) is 2.02. The van der Waals surface area contributed by atoms with E-state index in [1.54, 1.807) is 17.3 Å². The van der Waals surface area contributed by atoms with Crippen LogP contribution in [0.4, 0.5) is 5.95 Å². The number of carbonyl (C=O) groups is 1. The Morgan fingerprint density at radius 3 is 2.71 bits per heavy atom. The first-order valence-electron chi connectivity index (χ1n) is 6.64. The molecule has 2 N–H and O–H groups in total. The van der Waals surface area contributed by atoms with E-state index in [-0.39, 0.29) is 5.91 Å².